The Morgan fingerprint density at radius 2 is 2.12 bits per heavy atom. The van der Waals surface area contributed by atoms with Crippen molar-refractivity contribution in [2.75, 3.05) is 6.54 Å². The average Bonchev–Trinajstić information content (AvgIpc) is 3.57. The van der Waals surface area contributed by atoms with E-state index in [1.54, 1.807) is 28.0 Å². The van der Waals surface area contributed by atoms with Gasteiger partial charge in [-0.3, -0.25) is 9.78 Å². The molecule has 1 amide bonds. The maximum absolute atomic E-state index is 13.5. The molecule has 6 heterocycles. The zero-order valence-electron chi connectivity index (χ0n) is 17.1. The van der Waals surface area contributed by atoms with Crippen LogP contribution in [0.4, 0.5) is 0 Å². The van der Waals surface area contributed by atoms with E-state index in [4.69, 9.17) is 9.52 Å². The molecular formula is C22H18N8O2. The predicted octanol–water partition coefficient (Wildman–Crippen LogP) is 2.60. The maximum atomic E-state index is 13.5. The summed E-state index contributed by atoms with van der Waals surface area (Å²) < 4.78 is 7.56. The van der Waals surface area contributed by atoms with Crippen molar-refractivity contribution in [2.24, 2.45) is 0 Å². The van der Waals surface area contributed by atoms with Gasteiger partial charge >= 0.3 is 11.8 Å². The van der Waals surface area contributed by atoms with Gasteiger partial charge in [0.05, 0.1) is 28.8 Å². The number of imidazole rings is 1. The van der Waals surface area contributed by atoms with E-state index in [2.05, 4.69) is 25.1 Å². The SMILES string of the molecule is Cc1ncccc1-c1nnc(C(=O)N2CCc3[nH]cnc3C2c2cc3ccccn3n2)o1. The fourth-order valence-electron chi connectivity index (χ4n) is 4.14. The van der Waals surface area contributed by atoms with Crippen LogP contribution in [0.1, 0.15) is 39.5 Å². The van der Waals surface area contributed by atoms with Crippen molar-refractivity contribution < 1.29 is 9.21 Å². The number of nitrogens with one attached hydrogen (secondary N) is 1. The molecule has 5 aromatic heterocycles. The minimum absolute atomic E-state index is 0.0731. The number of aromatic amines is 1. The lowest BCUT2D eigenvalue weighted by atomic mass is 9.99. The van der Waals surface area contributed by atoms with E-state index in [1.807, 2.05) is 43.5 Å². The second-order valence-corrected chi connectivity index (χ2v) is 7.61. The summed E-state index contributed by atoms with van der Waals surface area (Å²) in [5, 5.41) is 12.8. The standard InChI is InChI=1S/C22H18N8O2/c1-13-15(6-4-8-23-13)20-26-27-21(32-20)22(31)29-10-7-16-18(25-12-24-16)19(29)17-11-14-5-2-3-9-30(14)28-17/h2-6,8-9,11-12,19H,7,10H2,1H3,(H,24,25). The highest BCUT2D eigenvalue weighted by Gasteiger charge is 2.38. The lowest BCUT2D eigenvalue weighted by Crippen LogP contribution is -2.41. The normalized spacial score (nSPS) is 15.8. The number of amides is 1. The highest BCUT2D eigenvalue weighted by molar-refractivity contribution is 5.90. The number of aromatic nitrogens is 7. The molecule has 0 fully saturated rings. The number of fused-ring (bicyclic) bond motifs is 2. The fourth-order valence-corrected chi connectivity index (χ4v) is 4.14. The molecule has 1 N–H and O–H groups in total. The monoisotopic (exact) mass is 426 g/mol. The lowest BCUT2D eigenvalue weighted by molar-refractivity contribution is 0.0646. The zero-order valence-corrected chi connectivity index (χ0v) is 17.1. The molecule has 1 aliphatic rings. The molecule has 32 heavy (non-hydrogen) atoms. The molecule has 0 aliphatic carbocycles. The fraction of sp³-hybridized carbons (Fsp3) is 0.182. The second-order valence-electron chi connectivity index (χ2n) is 7.61. The summed E-state index contributed by atoms with van der Waals surface area (Å²) in [6.07, 6.45) is 5.86. The second kappa shape index (κ2) is 7.12. The van der Waals surface area contributed by atoms with Crippen LogP contribution in [0.3, 0.4) is 0 Å². The first-order chi connectivity index (χ1) is 15.7. The molecule has 0 radical (unpaired) electrons. The molecule has 0 saturated heterocycles. The molecule has 6 rings (SSSR count). The third kappa shape index (κ3) is 2.88. The molecule has 0 spiro atoms. The van der Waals surface area contributed by atoms with Gasteiger partial charge in [0.15, 0.2) is 0 Å². The van der Waals surface area contributed by atoms with Crippen molar-refractivity contribution in [1.82, 2.24) is 39.7 Å². The van der Waals surface area contributed by atoms with Gasteiger partial charge in [-0.05, 0) is 37.3 Å². The van der Waals surface area contributed by atoms with Crippen LogP contribution in [0.25, 0.3) is 17.0 Å². The Kier molecular flexibility index (Phi) is 4.10. The van der Waals surface area contributed by atoms with E-state index >= 15 is 0 Å². The number of rotatable bonds is 3. The molecule has 10 nitrogen and oxygen atoms in total. The van der Waals surface area contributed by atoms with E-state index in [1.165, 1.54) is 0 Å². The minimum Gasteiger partial charge on any atom is -0.412 e. The Balaban J connectivity index is 1.40. The van der Waals surface area contributed by atoms with Gasteiger partial charge in [0.1, 0.15) is 6.04 Å². The van der Waals surface area contributed by atoms with Crippen LogP contribution in [0.15, 0.2) is 59.5 Å². The van der Waals surface area contributed by atoms with Crippen LogP contribution in [-0.4, -0.2) is 52.1 Å². The first-order valence-corrected chi connectivity index (χ1v) is 10.2. The van der Waals surface area contributed by atoms with Crippen LogP contribution in [0, 0.1) is 6.92 Å². The van der Waals surface area contributed by atoms with E-state index in [0.29, 0.717) is 18.5 Å². The number of nitrogens with zero attached hydrogens (tertiary/aromatic N) is 7. The first kappa shape index (κ1) is 18.4. The van der Waals surface area contributed by atoms with Crippen molar-refractivity contribution in [3.8, 4) is 11.5 Å². The van der Waals surface area contributed by atoms with Crippen LogP contribution in [0.2, 0.25) is 0 Å². The van der Waals surface area contributed by atoms with Crippen LogP contribution < -0.4 is 0 Å². The summed E-state index contributed by atoms with van der Waals surface area (Å²) in [5.41, 5.74) is 4.87. The summed E-state index contributed by atoms with van der Waals surface area (Å²) in [4.78, 5) is 27.1. The number of hydrogen-bond acceptors (Lipinski definition) is 7. The van der Waals surface area contributed by atoms with E-state index in [-0.39, 0.29) is 17.7 Å². The summed E-state index contributed by atoms with van der Waals surface area (Å²) >= 11 is 0. The number of carbonyl (C=O) groups excluding carboxylic acids is 1. The zero-order chi connectivity index (χ0) is 21.7. The molecule has 1 atom stereocenters. The highest BCUT2D eigenvalue weighted by atomic mass is 16.4. The Bertz CT molecular complexity index is 1420. The number of hydrogen-bond donors (Lipinski definition) is 1. The number of aryl methyl sites for hydroxylation is 1. The summed E-state index contributed by atoms with van der Waals surface area (Å²) in [7, 11) is 0. The number of carbonyl (C=O) groups is 1. The van der Waals surface area contributed by atoms with Crippen LogP contribution in [0.5, 0.6) is 0 Å². The quantitative estimate of drug-likeness (QED) is 0.471. The predicted molar refractivity (Wildman–Crippen MR) is 113 cm³/mol. The van der Waals surface area contributed by atoms with Crippen molar-refractivity contribution in [1.29, 1.82) is 0 Å². The number of H-pyrrole nitrogens is 1. The third-order valence-electron chi connectivity index (χ3n) is 5.70. The van der Waals surface area contributed by atoms with Gasteiger partial charge in [0.2, 0.25) is 5.89 Å². The number of pyridine rings is 2. The average molecular weight is 426 g/mol. The summed E-state index contributed by atoms with van der Waals surface area (Å²) in [6.45, 7) is 2.32. The van der Waals surface area contributed by atoms with Gasteiger partial charge in [0, 0.05) is 36.7 Å². The van der Waals surface area contributed by atoms with Gasteiger partial charge in [-0.1, -0.05) is 6.07 Å². The largest absolute Gasteiger partial charge is 0.412 e. The third-order valence-corrected chi connectivity index (χ3v) is 5.70. The Morgan fingerprint density at radius 1 is 1.19 bits per heavy atom. The van der Waals surface area contributed by atoms with Crippen LogP contribution >= 0.6 is 0 Å². The molecule has 5 aromatic rings. The van der Waals surface area contributed by atoms with Crippen molar-refractivity contribution in [3.05, 3.63) is 83.8 Å². The maximum Gasteiger partial charge on any atom is 0.312 e. The molecular weight excluding hydrogens is 408 g/mol. The van der Waals surface area contributed by atoms with Gasteiger partial charge in [-0.2, -0.15) is 5.10 Å². The highest BCUT2D eigenvalue weighted by Crippen LogP contribution is 2.34. The summed E-state index contributed by atoms with van der Waals surface area (Å²) in [6, 6.07) is 11.0. The van der Waals surface area contributed by atoms with Crippen molar-refractivity contribution in [2.45, 2.75) is 19.4 Å². The van der Waals surface area contributed by atoms with Gasteiger partial charge in [-0.25, -0.2) is 9.50 Å². The van der Waals surface area contributed by atoms with Gasteiger partial charge in [-0.15, -0.1) is 10.2 Å². The molecule has 158 valence electrons. The Morgan fingerprint density at radius 3 is 3.00 bits per heavy atom. The van der Waals surface area contributed by atoms with Gasteiger partial charge in [0.25, 0.3) is 0 Å². The molecule has 0 bridgehead atoms. The molecule has 10 heteroatoms. The first-order valence-electron chi connectivity index (χ1n) is 10.2. The Labute approximate surface area is 181 Å². The molecule has 0 aromatic carbocycles. The lowest BCUT2D eigenvalue weighted by Gasteiger charge is -2.32. The summed E-state index contributed by atoms with van der Waals surface area (Å²) in [5.74, 6) is -0.169. The Hall–Kier alpha value is -4.34. The molecule has 1 aliphatic heterocycles. The minimum atomic E-state index is -0.465. The topological polar surface area (TPSA) is 118 Å². The van der Waals surface area contributed by atoms with Crippen molar-refractivity contribution in [3.63, 3.8) is 0 Å². The van der Waals surface area contributed by atoms with Crippen molar-refractivity contribution >= 4 is 11.4 Å². The smallest absolute Gasteiger partial charge is 0.312 e. The van der Waals surface area contributed by atoms with Crippen LogP contribution in [-0.2, 0) is 6.42 Å². The van der Waals surface area contributed by atoms with E-state index in [9.17, 15) is 4.79 Å². The molecule has 0 saturated carbocycles. The van der Waals surface area contributed by atoms with E-state index in [0.717, 1.165) is 28.3 Å². The van der Waals surface area contributed by atoms with Gasteiger partial charge < -0.3 is 14.3 Å². The van der Waals surface area contributed by atoms with E-state index < -0.39 is 6.04 Å². The molecule has 1 unspecified atom stereocenters.